The number of hydrogen-bond donors (Lipinski definition) is 0. The predicted molar refractivity (Wildman–Crippen MR) is 87.5 cm³/mol. The van der Waals surface area contributed by atoms with Crippen LogP contribution in [0.5, 0.6) is 0 Å². The van der Waals surface area contributed by atoms with Crippen LogP contribution in [0.2, 0.25) is 0 Å². The molecule has 0 amide bonds. The molecular formula is C21H28. The van der Waals surface area contributed by atoms with Crippen LogP contribution in [0.4, 0.5) is 0 Å². The van der Waals surface area contributed by atoms with Gasteiger partial charge in [-0.25, -0.2) is 0 Å². The van der Waals surface area contributed by atoms with E-state index >= 15 is 0 Å². The van der Waals surface area contributed by atoms with Gasteiger partial charge in [-0.1, -0.05) is 38.0 Å². The Kier molecular flexibility index (Phi) is 2.65. The summed E-state index contributed by atoms with van der Waals surface area (Å²) in [6, 6.07) is 7.21. The van der Waals surface area contributed by atoms with Crippen molar-refractivity contribution in [2.45, 2.75) is 70.6 Å². The molecule has 0 nitrogen and oxygen atoms in total. The van der Waals surface area contributed by atoms with E-state index in [-0.39, 0.29) is 0 Å². The Morgan fingerprint density at radius 2 is 1.90 bits per heavy atom. The lowest BCUT2D eigenvalue weighted by Crippen LogP contribution is -2.49. The molecule has 0 N–H and O–H groups in total. The number of hydrogen-bond acceptors (Lipinski definition) is 0. The van der Waals surface area contributed by atoms with Crippen molar-refractivity contribution in [1.82, 2.24) is 0 Å². The third kappa shape index (κ3) is 1.63. The van der Waals surface area contributed by atoms with Crippen LogP contribution in [0.1, 0.15) is 74.5 Å². The van der Waals surface area contributed by atoms with E-state index in [4.69, 9.17) is 0 Å². The van der Waals surface area contributed by atoms with Crippen LogP contribution in [0.15, 0.2) is 18.2 Å². The van der Waals surface area contributed by atoms with Crippen LogP contribution < -0.4 is 0 Å². The molecule has 5 atom stereocenters. The minimum absolute atomic E-state index is 0.664. The summed E-state index contributed by atoms with van der Waals surface area (Å²) in [6.07, 6.45) is 13.3. The Hall–Kier alpha value is -0.780. The molecule has 112 valence electrons. The highest BCUT2D eigenvalue weighted by Crippen LogP contribution is 2.62. The summed E-state index contributed by atoms with van der Waals surface area (Å²) in [4.78, 5) is 0. The van der Waals surface area contributed by atoms with Crippen molar-refractivity contribution >= 4 is 0 Å². The van der Waals surface area contributed by atoms with Crippen molar-refractivity contribution in [2.75, 3.05) is 0 Å². The molecule has 0 heterocycles. The Morgan fingerprint density at radius 3 is 2.86 bits per heavy atom. The topological polar surface area (TPSA) is 0 Å². The first-order valence-electron chi connectivity index (χ1n) is 9.38. The standard InChI is InChI=1S/C21H28/c1-21-12-3-2-7-16(21)9-11-17-18-10-8-14-5-4-6-15(20(14)18)13-19(17)21/h4-6,16-19H,2-3,7-13H2,1H3/t16-,17?,18?,19?,21+/m1/s1. The van der Waals surface area contributed by atoms with Crippen molar-refractivity contribution in [3.05, 3.63) is 34.9 Å². The fraction of sp³-hybridized carbons (Fsp3) is 0.714. The average Bonchev–Trinajstić information content (AvgIpc) is 2.94. The molecule has 1 aromatic rings. The lowest BCUT2D eigenvalue weighted by atomic mass is 9.48. The Morgan fingerprint density at radius 1 is 1.00 bits per heavy atom. The molecule has 0 saturated heterocycles. The molecule has 0 spiro atoms. The molecular weight excluding hydrogens is 252 g/mol. The van der Waals surface area contributed by atoms with Crippen LogP contribution in [0.3, 0.4) is 0 Å². The smallest absolute Gasteiger partial charge is 0.0122 e. The number of fused-ring (bicyclic) bond motifs is 4. The van der Waals surface area contributed by atoms with Gasteiger partial charge in [0.05, 0.1) is 0 Å². The fourth-order valence-corrected chi connectivity index (χ4v) is 7.00. The second kappa shape index (κ2) is 4.37. The van der Waals surface area contributed by atoms with Gasteiger partial charge in [-0.2, -0.15) is 0 Å². The highest BCUT2D eigenvalue weighted by molar-refractivity contribution is 5.45. The molecule has 2 fully saturated rings. The Labute approximate surface area is 129 Å². The predicted octanol–water partition coefficient (Wildman–Crippen LogP) is 5.50. The van der Waals surface area contributed by atoms with Gasteiger partial charge in [-0.3, -0.25) is 0 Å². The molecule has 0 aliphatic heterocycles. The molecule has 4 aliphatic carbocycles. The van der Waals surface area contributed by atoms with Gasteiger partial charge < -0.3 is 0 Å². The first kappa shape index (κ1) is 12.7. The lowest BCUT2D eigenvalue weighted by molar-refractivity contribution is -0.0476. The summed E-state index contributed by atoms with van der Waals surface area (Å²) in [5.74, 6) is 3.97. The molecule has 0 aromatic heterocycles. The first-order chi connectivity index (χ1) is 10.3. The molecule has 5 rings (SSSR count). The summed E-state index contributed by atoms with van der Waals surface area (Å²) in [7, 11) is 0. The second-order valence-electron chi connectivity index (χ2n) is 8.64. The van der Waals surface area contributed by atoms with E-state index in [1.54, 1.807) is 11.1 Å². The van der Waals surface area contributed by atoms with E-state index in [1.165, 1.54) is 57.8 Å². The third-order valence-electron chi connectivity index (χ3n) is 8.00. The molecule has 4 aliphatic rings. The van der Waals surface area contributed by atoms with Gasteiger partial charge >= 0.3 is 0 Å². The lowest BCUT2D eigenvalue weighted by Gasteiger charge is -2.57. The summed E-state index contributed by atoms with van der Waals surface area (Å²) >= 11 is 0. The highest BCUT2D eigenvalue weighted by atomic mass is 14.6. The van der Waals surface area contributed by atoms with Crippen molar-refractivity contribution in [3.8, 4) is 0 Å². The molecule has 0 bridgehead atoms. The largest absolute Gasteiger partial charge is 0.0617 e. The van der Waals surface area contributed by atoms with E-state index in [0.29, 0.717) is 5.41 Å². The van der Waals surface area contributed by atoms with Crippen molar-refractivity contribution in [1.29, 1.82) is 0 Å². The molecule has 3 unspecified atom stereocenters. The van der Waals surface area contributed by atoms with E-state index in [2.05, 4.69) is 25.1 Å². The quantitative estimate of drug-likeness (QED) is 0.589. The Balaban J connectivity index is 1.60. The van der Waals surface area contributed by atoms with Gasteiger partial charge in [0, 0.05) is 0 Å². The highest BCUT2D eigenvalue weighted by Gasteiger charge is 2.53. The summed E-state index contributed by atoms with van der Waals surface area (Å²) in [6.45, 7) is 2.68. The van der Waals surface area contributed by atoms with E-state index in [9.17, 15) is 0 Å². The molecule has 2 saturated carbocycles. The zero-order valence-electron chi connectivity index (χ0n) is 13.4. The SMILES string of the molecule is C[C@]12CCCC[C@@H]1CCC1C3CCc4cccc(c43)CC12. The first-order valence-corrected chi connectivity index (χ1v) is 9.38. The van der Waals surface area contributed by atoms with Gasteiger partial charge in [0.1, 0.15) is 0 Å². The molecule has 0 radical (unpaired) electrons. The summed E-state index contributed by atoms with van der Waals surface area (Å²) in [5, 5.41) is 0. The van der Waals surface area contributed by atoms with Crippen LogP contribution in [0.25, 0.3) is 0 Å². The van der Waals surface area contributed by atoms with E-state index in [0.717, 1.165) is 23.7 Å². The number of benzene rings is 1. The van der Waals surface area contributed by atoms with Crippen molar-refractivity contribution in [3.63, 3.8) is 0 Å². The summed E-state index contributed by atoms with van der Waals surface area (Å²) in [5.41, 5.74) is 5.92. The van der Waals surface area contributed by atoms with Crippen LogP contribution in [0, 0.1) is 23.2 Å². The van der Waals surface area contributed by atoms with E-state index in [1.807, 2.05) is 5.56 Å². The minimum atomic E-state index is 0.664. The van der Waals surface area contributed by atoms with Crippen LogP contribution in [-0.2, 0) is 12.8 Å². The maximum Gasteiger partial charge on any atom is -0.0122 e. The fourth-order valence-electron chi connectivity index (χ4n) is 7.00. The second-order valence-corrected chi connectivity index (χ2v) is 8.64. The van der Waals surface area contributed by atoms with E-state index < -0.39 is 0 Å². The molecule has 0 heteroatoms. The number of rotatable bonds is 0. The van der Waals surface area contributed by atoms with Crippen LogP contribution >= 0.6 is 0 Å². The van der Waals surface area contributed by atoms with Gasteiger partial charge in [-0.05, 0) is 90.7 Å². The maximum absolute atomic E-state index is 2.68. The molecule has 1 aromatic carbocycles. The van der Waals surface area contributed by atoms with Gasteiger partial charge in [0.15, 0.2) is 0 Å². The van der Waals surface area contributed by atoms with Gasteiger partial charge in [0.25, 0.3) is 0 Å². The zero-order chi connectivity index (χ0) is 14.0. The summed E-state index contributed by atoms with van der Waals surface area (Å²) < 4.78 is 0. The van der Waals surface area contributed by atoms with Gasteiger partial charge in [-0.15, -0.1) is 0 Å². The number of aryl methyl sites for hydroxylation is 1. The Bertz CT molecular complexity index is 571. The van der Waals surface area contributed by atoms with Crippen LogP contribution in [-0.4, -0.2) is 0 Å². The normalized spacial score (nSPS) is 43.9. The third-order valence-corrected chi connectivity index (χ3v) is 8.00. The average molecular weight is 280 g/mol. The maximum atomic E-state index is 2.68. The van der Waals surface area contributed by atoms with Crippen molar-refractivity contribution < 1.29 is 0 Å². The van der Waals surface area contributed by atoms with Gasteiger partial charge in [0.2, 0.25) is 0 Å². The monoisotopic (exact) mass is 280 g/mol. The molecule has 21 heavy (non-hydrogen) atoms. The zero-order valence-corrected chi connectivity index (χ0v) is 13.4. The minimum Gasteiger partial charge on any atom is -0.0617 e. The van der Waals surface area contributed by atoms with Crippen molar-refractivity contribution in [2.24, 2.45) is 23.2 Å².